The minimum Gasteiger partial charge on any atom is -0.311 e. The van der Waals surface area contributed by atoms with Gasteiger partial charge in [0.15, 0.2) is 0 Å². The number of allylic oxidation sites excluding steroid dienone is 10. The molecule has 7 aromatic carbocycles. The average Bonchev–Trinajstić information content (AvgIpc) is 3.37. The van der Waals surface area contributed by atoms with Gasteiger partial charge in [-0.1, -0.05) is 228 Å². The fraction of sp³-hybridized carbons (Fsp3) is 0.239. The van der Waals surface area contributed by atoms with Crippen LogP contribution in [0.4, 0.5) is 34.1 Å². The smallest absolute Gasteiger partial charge is 0.247 e. The van der Waals surface area contributed by atoms with Crippen molar-refractivity contribution < 1.29 is 0 Å². The van der Waals surface area contributed by atoms with Crippen LogP contribution in [0.3, 0.4) is 0 Å². The Hall–Kier alpha value is -7.36. The summed E-state index contributed by atoms with van der Waals surface area (Å²) >= 11 is 0. The molecular formula is C71H77BN2. The lowest BCUT2D eigenvalue weighted by Crippen LogP contribution is -2.59. The van der Waals surface area contributed by atoms with Gasteiger partial charge in [0.2, 0.25) is 6.71 Å². The third kappa shape index (κ3) is 9.90. The quantitative estimate of drug-likeness (QED) is 0.0746. The highest BCUT2D eigenvalue weighted by atomic mass is 15.2. The molecule has 0 radical (unpaired) electrons. The van der Waals surface area contributed by atoms with Gasteiger partial charge in [0, 0.05) is 50.4 Å². The Morgan fingerprint density at radius 1 is 0.527 bits per heavy atom. The zero-order valence-corrected chi connectivity index (χ0v) is 46.8. The van der Waals surface area contributed by atoms with E-state index in [1.807, 2.05) is 18.2 Å². The highest BCUT2D eigenvalue weighted by Gasteiger charge is 2.40. The van der Waals surface area contributed by atoms with Crippen LogP contribution in [-0.4, -0.2) is 6.71 Å². The lowest BCUT2D eigenvalue weighted by molar-refractivity contribution is 0.638. The van der Waals surface area contributed by atoms with Crippen LogP contribution in [0, 0.1) is 41.5 Å². The van der Waals surface area contributed by atoms with E-state index in [4.69, 9.17) is 0 Å². The lowest BCUT2D eigenvalue weighted by atomic mass is 9.33. The van der Waals surface area contributed by atoms with Crippen molar-refractivity contribution in [2.45, 2.75) is 113 Å². The first-order chi connectivity index (χ1) is 35.3. The number of anilines is 6. The summed E-state index contributed by atoms with van der Waals surface area (Å²) in [4.78, 5) is 5.05. The molecule has 1 heterocycles. The fourth-order valence-electron chi connectivity index (χ4n) is 11.5. The molecule has 0 amide bonds. The van der Waals surface area contributed by atoms with Crippen LogP contribution in [-0.2, 0) is 16.2 Å². The van der Waals surface area contributed by atoms with E-state index in [2.05, 4.69) is 290 Å². The van der Waals surface area contributed by atoms with Gasteiger partial charge >= 0.3 is 0 Å². The van der Waals surface area contributed by atoms with Crippen molar-refractivity contribution >= 4 is 57.2 Å². The van der Waals surface area contributed by atoms with Crippen molar-refractivity contribution in [2.24, 2.45) is 0 Å². The second-order valence-corrected chi connectivity index (χ2v) is 22.2. The van der Waals surface area contributed by atoms with Crippen molar-refractivity contribution in [2.75, 3.05) is 9.80 Å². The van der Waals surface area contributed by atoms with Gasteiger partial charge in [0.05, 0.1) is 0 Å². The molecule has 1 aliphatic heterocycles. The first-order valence-corrected chi connectivity index (χ1v) is 26.5. The molecule has 0 N–H and O–H groups in total. The van der Waals surface area contributed by atoms with Crippen molar-refractivity contribution in [3.8, 4) is 0 Å². The van der Waals surface area contributed by atoms with Crippen molar-refractivity contribution in [1.82, 2.24) is 0 Å². The van der Waals surface area contributed by atoms with Gasteiger partial charge in [0.25, 0.3) is 0 Å². The maximum absolute atomic E-state index is 4.33. The predicted octanol–water partition coefficient (Wildman–Crippen LogP) is 17.6. The molecule has 374 valence electrons. The molecular weight excluding hydrogens is 892 g/mol. The first-order valence-electron chi connectivity index (χ1n) is 26.5. The van der Waals surface area contributed by atoms with Crippen molar-refractivity contribution in [3.63, 3.8) is 0 Å². The minimum absolute atomic E-state index is 0.0953. The van der Waals surface area contributed by atoms with Crippen LogP contribution in [0.15, 0.2) is 212 Å². The molecule has 0 aliphatic carbocycles. The summed E-state index contributed by atoms with van der Waals surface area (Å²) in [6, 6.07) is 53.5. The molecule has 0 unspecified atom stereocenters. The molecule has 0 aromatic heterocycles. The third-order valence-electron chi connectivity index (χ3n) is 16.1. The molecule has 0 spiro atoms. The fourth-order valence-corrected chi connectivity index (χ4v) is 11.5. The normalized spacial score (nSPS) is 13.4. The van der Waals surface area contributed by atoms with E-state index in [-0.39, 0.29) is 23.0 Å². The van der Waals surface area contributed by atoms with Crippen molar-refractivity contribution in [3.05, 3.63) is 268 Å². The first kappa shape index (κ1) is 53.0. The Bertz CT molecular complexity index is 3320. The average molecular weight is 969 g/mol. The summed E-state index contributed by atoms with van der Waals surface area (Å²) in [5.41, 5.74) is 24.9. The SMILES string of the molecule is C=C/C=C\C(=C/C)C(C)(C)c1ccc(N2c3ccc(C(C)(C)/C(C=C)=C/C=C\C)cc3B(c3cc(C(C)(C)c4ccccc4)ccc3C)c3c(C)cc(N(c4ccc(C)cc4C)c4ccc(C)cc4C)cc32)cc1. The van der Waals surface area contributed by atoms with E-state index in [1.54, 1.807) is 0 Å². The van der Waals surface area contributed by atoms with Crippen LogP contribution >= 0.6 is 0 Å². The largest absolute Gasteiger partial charge is 0.311 e. The molecule has 1 aliphatic rings. The number of aryl methyl sites for hydroxylation is 6. The molecule has 0 saturated carbocycles. The molecule has 2 nitrogen and oxygen atoms in total. The second kappa shape index (κ2) is 21.2. The molecule has 3 heteroatoms. The molecule has 0 atom stereocenters. The molecule has 8 rings (SSSR count). The van der Waals surface area contributed by atoms with Crippen LogP contribution < -0.4 is 26.2 Å². The van der Waals surface area contributed by atoms with Gasteiger partial charge in [0.1, 0.15) is 0 Å². The monoisotopic (exact) mass is 969 g/mol. The van der Waals surface area contributed by atoms with Gasteiger partial charge in [-0.25, -0.2) is 0 Å². The van der Waals surface area contributed by atoms with Gasteiger partial charge in [-0.05, 0) is 153 Å². The van der Waals surface area contributed by atoms with Gasteiger partial charge in [-0.2, -0.15) is 0 Å². The molecule has 0 fully saturated rings. The summed E-state index contributed by atoms with van der Waals surface area (Å²) in [7, 11) is 0. The zero-order chi connectivity index (χ0) is 53.3. The summed E-state index contributed by atoms with van der Waals surface area (Å²) in [5.74, 6) is 0. The Balaban J connectivity index is 1.48. The molecule has 0 bridgehead atoms. The Morgan fingerprint density at radius 3 is 1.70 bits per heavy atom. The van der Waals surface area contributed by atoms with E-state index in [9.17, 15) is 0 Å². The number of rotatable bonds is 15. The van der Waals surface area contributed by atoms with E-state index in [0.29, 0.717) is 0 Å². The van der Waals surface area contributed by atoms with E-state index < -0.39 is 0 Å². The zero-order valence-electron chi connectivity index (χ0n) is 46.8. The van der Waals surface area contributed by atoms with Gasteiger partial charge in [-0.3, -0.25) is 0 Å². The Kier molecular flexibility index (Phi) is 15.2. The predicted molar refractivity (Wildman–Crippen MR) is 326 cm³/mol. The maximum atomic E-state index is 4.33. The number of benzene rings is 7. The standard InChI is InChI=1S/C71H77BN2/c1-17-21-26-54(19-3)69(11,12)57-34-37-60(38-35-57)73-66-41-36-59(70(13,14)55(20-4)27-22-18-2)46-63(66)72(62-45-58(33-32-50(62)7)71(15,16)56-28-24-23-25-29-56)68-53(10)44-61(47-67(68)73)74(64-39-30-48(5)42-51(64)8)65-40-31-49(6)43-52(65)9/h17-47H,1,4H2,2-3,5-16H3/b22-18-,26-21-,54-19+,55-27+. The Labute approximate surface area is 446 Å². The van der Waals surface area contributed by atoms with Crippen LogP contribution in [0.1, 0.15) is 111 Å². The summed E-state index contributed by atoms with van der Waals surface area (Å²) < 4.78 is 0. The lowest BCUT2D eigenvalue weighted by Gasteiger charge is -2.41. The highest BCUT2D eigenvalue weighted by molar-refractivity contribution is 6.98. The van der Waals surface area contributed by atoms with Gasteiger partial charge < -0.3 is 9.80 Å². The number of nitrogens with zero attached hydrogens (tertiary/aromatic N) is 2. The van der Waals surface area contributed by atoms with Crippen molar-refractivity contribution in [1.29, 1.82) is 0 Å². The molecule has 0 saturated heterocycles. The van der Waals surface area contributed by atoms with Crippen LogP contribution in [0.2, 0.25) is 0 Å². The summed E-state index contributed by atoms with van der Waals surface area (Å²) in [6.07, 6.45) is 16.7. The third-order valence-corrected chi connectivity index (χ3v) is 16.1. The van der Waals surface area contributed by atoms with E-state index in [0.717, 1.165) is 11.4 Å². The van der Waals surface area contributed by atoms with Crippen LogP contribution in [0.25, 0.3) is 0 Å². The highest BCUT2D eigenvalue weighted by Crippen LogP contribution is 2.46. The Morgan fingerprint density at radius 2 is 1.12 bits per heavy atom. The molecule has 7 aromatic rings. The number of hydrogen-bond acceptors (Lipinski definition) is 2. The topological polar surface area (TPSA) is 6.48 Å². The summed E-state index contributed by atoms with van der Waals surface area (Å²) in [5, 5.41) is 0. The van der Waals surface area contributed by atoms with Crippen LogP contribution in [0.5, 0.6) is 0 Å². The second-order valence-electron chi connectivity index (χ2n) is 22.2. The molecule has 74 heavy (non-hydrogen) atoms. The van der Waals surface area contributed by atoms with Gasteiger partial charge in [-0.15, -0.1) is 0 Å². The maximum Gasteiger partial charge on any atom is 0.247 e. The summed E-state index contributed by atoms with van der Waals surface area (Å²) in [6.45, 7) is 39.9. The number of fused-ring (bicyclic) bond motifs is 2. The number of hydrogen-bond donors (Lipinski definition) is 0. The van der Waals surface area contributed by atoms with E-state index in [1.165, 1.54) is 106 Å². The minimum atomic E-state index is -0.340. The van der Waals surface area contributed by atoms with E-state index >= 15 is 0 Å².